The molecule has 0 heterocycles. The lowest BCUT2D eigenvalue weighted by Gasteiger charge is -2.21. The Labute approximate surface area is 178 Å². The zero-order chi connectivity index (χ0) is 21.0. The second-order valence-corrected chi connectivity index (χ2v) is 8.59. The van der Waals surface area contributed by atoms with Crippen molar-refractivity contribution in [3.8, 4) is 0 Å². The van der Waals surface area contributed by atoms with Gasteiger partial charge in [-0.3, -0.25) is 14.9 Å². The zero-order valence-electron chi connectivity index (χ0n) is 18.5. The number of ether oxygens (including phenoxy) is 1. The Morgan fingerprint density at radius 1 is 0.828 bits per heavy atom. The fourth-order valence-electron chi connectivity index (χ4n) is 4.08. The van der Waals surface area contributed by atoms with Gasteiger partial charge in [0, 0.05) is 18.0 Å². The molecular formula is C24H43NO4. The van der Waals surface area contributed by atoms with E-state index in [0.717, 1.165) is 25.9 Å². The highest BCUT2D eigenvalue weighted by Gasteiger charge is 2.18. The number of hydrogen-bond donors (Lipinski definition) is 0. The van der Waals surface area contributed by atoms with E-state index in [1.807, 2.05) is 0 Å². The summed E-state index contributed by atoms with van der Waals surface area (Å²) in [6.45, 7) is 0.955. The summed E-state index contributed by atoms with van der Waals surface area (Å²) in [7, 11) is 0. The second kappa shape index (κ2) is 19.0. The van der Waals surface area contributed by atoms with Gasteiger partial charge in [-0.2, -0.15) is 0 Å². The summed E-state index contributed by atoms with van der Waals surface area (Å²) in [6, 6.07) is -1.12. The maximum absolute atomic E-state index is 10.5. The van der Waals surface area contributed by atoms with Gasteiger partial charge in [-0.1, -0.05) is 77.0 Å². The van der Waals surface area contributed by atoms with Crippen molar-refractivity contribution >= 4 is 6.29 Å². The first kappa shape index (κ1) is 26.1. The van der Waals surface area contributed by atoms with E-state index in [-0.39, 0.29) is 0 Å². The minimum Gasteiger partial charge on any atom is -0.378 e. The van der Waals surface area contributed by atoms with Crippen molar-refractivity contribution in [1.29, 1.82) is 0 Å². The van der Waals surface area contributed by atoms with Crippen LogP contribution < -0.4 is 0 Å². The molecule has 0 aliphatic heterocycles. The fourth-order valence-corrected chi connectivity index (χ4v) is 4.08. The molecule has 29 heavy (non-hydrogen) atoms. The van der Waals surface area contributed by atoms with Crippen LogP contribution in [0.1, 0.15) is 122 Å². The van der Waals surface area contributed by atoms with E-state index in [1.54, 1.807) is 0 Å². The fraction of sp³-hybridized carbons (Fsp3) is 0.917. The molecule has 5 nitrogen and oxygen atoms in total. The summed E-state index contributed by atoms with van der Waals surface area (Å²) in [4.78, 5) is 20.4. The predicted octanol–water partition coefficient (Wildman–Crippen LogP) is 6.76. The zero-order valence-corrected chi connectivity index (χ0v) is 18.5. The highest BCUT2D eigenvalue weighted by molar-refractivity contribution is 5.56. The molecule has 5 heteroatoms. The van der Waals surface area contributed by atoms with Crippen molar-refractivity contribution in [2.45, 2.75) is 134 Å². The molecule has 1 fully saturated rings. The molecule has 1 atom stereocenters. The minimum absolute atomic E-state index is 0.336. The summed E-state index contributed by atoms with van der Waals surface area (Å²) in [5.41, 5.74) is 0. The van der Waals surface area contributed by atoms with Crippen LogP contribution in [-0.2, 0) is 9.53 Å². The number of nitrogens with zero attached hydrogens (tertiary/aromatic N) is 1. The largest absolute Gasteiger partial charge is 0.378 e. The van der Waals surface area contributed by atoms with Gasteiger partial charge >= 0.3 is 0 Å². The Hall–Kier alpha value is -0.970. The normalized spacial score (nSPS) is 16.0. The van der Waals surface area contributed by atoms with Crippen LogP contribution in [0.5, 0.6) is 0 Å². The van der Waals surface area contributed by atoms with E-state index >= 15 is 0 Å². The van der Waals surface area contributed by atoms with Gasteiger partial charge in [0.05, 0.1) is 6.10 Å². The van der Waals surface area contributed by atoms with Gasteiger partial charge in [-0.05, 0) is 44.9 Å². The average Bonchev–Trinajstić information content (AvgIpc) is 2.73. The van der Waals surface area contributed by atoms with Gasteiger partial charge in [-0.15, -0.1) is 0 Å². The summed E-state index contributed by atoms with van der Waals surface area (Å²) < 4.78 is 5.96. The molecule has 168 valence electrons. The lowest BCUT2D eigenvalue weighted by Crippen LogP contribution is -2.20. The Morgan fingerprint density at radius 2 is 1.28 bits per heavy atom. The molecule has 0 aromatic rings. The van der Waals surface area contributed by atoms with Gasteiger partial charge in [0.15, 0.2) is 0 Å². The van der Waals surface area contributed by atoms with Crippen molar-refractivity contribution in [3.05, 3.63) is 16.5 Å². The van der Waals surface area contributed by atoms with Gasteiger partial charge in [0.25, 0.3) is 12.3 Å². The van der Waals surface area contributed by atoms with Crippen LogP contribution in [0.4, 0.5) is 0 Å². The van der Waals surface area contributed by atoms with Crippen LogP contribution in [0.2, 0.25) is 0 Å². The summed E-state index contributed by atoms with van der Waals surface area (Å²) in [5, 5.41) is 10.5. The number of unbranched alkanes of at least 4 members (excludes halogenated alkanes) is 13. The van der Waals surface area contributed by atoms with Crippen LogP contribution >= 0.6 is 0 Å². The summed E-state index contributed by atoms with van der Waals surface area (Å²) in [5.74, 6) is 0. The van der Waals surface area contributed by atoms with Crippen molar-refractivity contribution in [2.75, 3.05) is 6.61 Å². The molecule has 0 N–H and O–H groups in total. The molecule has 1 unspecified atom stereocenters. The van der Waals surface area contributed by atoms with Crippen LogP contribution in [-0.4, -0.2) is 30.0 Å². The lowest BCUT2D eigenvalue weighted by atomic mass is 9.98. The highest BCUT2D eigenvalue weighted by atomic mass is 16.6. The van der Waals surface area contributed by atoms with E-state index in [4.69, 9.17) is 4.74 Å². The summed E-state index contributed by atoms with van der Waals surface area (Å²) in [6.07, 6.45) is 27.0. The van der Waals surface area contributed by atoms with E-state index in [0.29, 0.717) is 12.5 Å². The van der Waals surface area contributed by atoms with Gasteiger partial charge < -0.3 is 4.74 Å². The number of rotatable bonds is 20. The SMILES string of the molecule is O=[C]C(CCCCCCCCCCCCCCCCOC1CC[CH]CC1)[N+](=O)[O-]. The third-order valence-electron chi connectivity index (χ3n) is 6.00. The van der Waals surface area contributed by atoms with E-state index in [1.165, 1.54) is 103 Å². The third-order valence-corrected chi connectivity index (χ3v) is 6.00. The standard InChI is InChI=1S/C24H43NO4/c26-22-23(25(27)28)18-14-11-9-7-5-3-1-2-4-6-8-10-12-17-21-29-24-19-15-13-16-20-24/h13,23-24H,1-12,14-21H2. The first-order valence-electron chi connectivity index (χ1n) is 12.2. The summed E-state index contributed by atoms with van der Waals surface area (Å²) >= 11 is 0. The van der Waals surface area contributed by atoms with Crippen LogP contribution in [0.3, 0.4) is 0 Å². The monoisotopic (exact) mass is 409 g/mol. The molecule has 0 aromatic carbocycles. The number of hydrogen-bond acceptors (Lipinski definition) is 4. The quantitative estimate of drug-likeness (QED) is 0.127. The van der Waals surface area contributed by atoms with Crippen molar-refractivity contribution < 1.29 is 14.5 Å². The molecule has 0 aromatic heterocycles. The Bertz CT molecular complexity index is 396. The van der Waals surface area contributed by atoms with Gasteiger partial charge in [-0.25, -0.2) is 0 Å². The lowest BCUT2D eigenvalue weighted by molar-refractivity contribution is -0.503. The van der Waals surface area contributed by atoms with Crippen molar-refractivity contribution in [1.82, 2.24) is 0 Å². The maximum atomic E-state index is 10.5. The molecule has 0 spiro atoms. The van der Waals surface area contributed by atoms with Crippen molar-refractivity contribution in [3.63, 3.8) is 0 Å². The van der Waals surface area contributed by atoms with Crippen LogP contribution in [0, 0.1) is 16.5 Å². The maximum Gasteiger partial charge on any atom is 0.278 e. The van der Waals surface area contributed by atoms with E-state index < -0.39 is 11.0 Å². The van der Waals surface area contributed by atoms with Gasteiger partial charge in [0.2, 0.25) is 0 Å². The molecule has 1 aliphatic carbocycles. The Kier molecular flexibility index (Phi) is 17.1. The molecule has 1 aliphatic rings. The van der Waals surface area contributed by atoms with Crippen LogP contribution in [0.25, 0.3) is 0 Å². The number of nitro groups is 1. The molecule has 1 saturated carbocycles. The molecule has 0 bridgehead atoms. The van der Waals surface area contributed by atoms with E-state index in [2.05, 4.69) is 6.42 Å². The third kappa shape index (κ3) is 15.5. The molecule has 0 amide bonds. The topological polar surface area (TPSA) is 69.4 Å². The van der Waals surface area contributed by atoms with Gasteiger partial charge in [0.1, 0.15) is 0 Å². The minimum atomic E-state index is -1.12. The molecular weight excluding hydrogens is 366 g/mol. The first-order chi connectivity index (χ1) is 14.2. The van der Waals surface area contributed by atoms with Crippen LogP contribution in [0.15, 0.2) is 0 Å². The second-order valence-electron chi connectivity index (χ2n) is 8.59. The van der Waals surface area contributed by atoms with E-state index in [9.17, 15) is 14.9 Å². The highest BCUT2D eigenvalue weighted by Crippen LogP contribution is 2.20. The average molecular weight is 410 g/mol. The Balaban J connectivity index is 1.70. The number of carbonyl (C=O) groups excluding carboxylic acids is 1. The van der Waals surface area contributed by atoms with Crippen molar-refractivity contribution in [2.24, 2.45) is 0 Å². The molecule has 2 radical (unpaired) electrons. The molecule has 1 rings (SSSR count). The Morgan fingerprint density at radius 3 is 1.72 bits per heavy atom. The first-order valence-corrected chi connectivity index (χ1v) is 12.2. The smallest absolute Gasteiger partial charge is 0.278 e. The predicted molar refractivity (Wildman–Crippen MR) is 118 cm³/mol. The molecule has 0 saturated heterocycles.